The number of ether oxygens (including phenoxy) is 2. The molecule has 0 radical (unpaired) electrons. The van der Waals surface area contributed by atoms with Crippen molar-refractivity contribution >= 4 is 11.9 Å². The van der Waals surface area contributed by atoms with Crippen LogP contribution in [0.4, 0.5) is 0 Å². The lowest BCUT2D eigenvalue weighted by Crippen LogP contribution is -2.38. The first-order valence-electron chi connectivity index (χ1n) is 4.26. The van der Waals surface area contributed by atoms with Gasteiger partial charge in [-0.25, -0.2) is 4.79 Å². The molecule has 0 heterocycles. The lowest BCUT2D eigenvalue weighted by molar-refractivity contribution is -0.177. The van der Waals surface area contributed by atoms with E-state index in [1.54, 1.807) is 6.92 Å². The van der Waals surface area contributed by atoms with Crippen molar-refractivity contribution in [3.8, 4) is 12.3 Å². The Labute approximate surface area is 83.6 Å². The molecule has 0 aliphatic carbocycles. The molecule has 0 spiro atoms. The third-order valence-electron chi connectivity index (χ3n) is 1.44. The molecule has 0 aliphatic rings. The Bertz CT molecular complexity index is 260. The van der Waals surface area contributed by atoms with Crippen molar-refractivity contribution in [2.75, 3.05) is 6.61 Å². The quantitative estimate of drug-likeness (QED) is 0.497. The molecule has 0 bridgehead atoms. The number of hydrogen-bond donors (Lipinski definition) is 0. The Balaban J connectivity index is 4.24. The standard InChI is InChI=1S/C10H14O4/c1-5-7-13-9(12)10(3,4)14-8(11)6-2/h1H,6-7H2,2-4H3. The third kappa shape index (κ3) is 3.94. The van der Waals surface area contributed by atoms with E-state index in [1.165, 1.54) is 13.8 Å². The molecule has 0 unspecified atom stereocenters. The molecule has 4 nitrogen and oxygen atoms in total. The van der Waals surface area contributed by atoms with Crippen molar-refractivity contribution in [1.29, 1.82) is 0 Å². The molecule has 0 aromatic rings. The monoisotopic (exact) mass is 198 g/mol. The molecule has 0 fully saturated rings. The molecule has 0 aromatic heterocycles. The first-order chi connectivity index (χ1) is 6.44. The summed E-state index contributed by atoms with van der Waals surface area (Å²) < 4.78 is 9.51. The maximum absolute atomic E-state index is 11.3. The number of hydrogen-bond acceptors (Lipinski definition) is 4. The van der Waals surface area contributed by atoms with E-state index < -0.39 is 17.5 Å². The third-order valence-corrected chi connectivity index (χ3v) is 1.44. The van der Waals surface area contributed by atoms with Crippen LogP contribution in [-0.2, 0) is 19.1 Å². The molecule has 0 rings (SSSR count). The summed E-state index contributed by atoms with van der Waals surface area (Å²) in [6.07, 6.45) is 5.13. The molecule has 0 saturated carbocycles. The minimum absolute atomic E-state index is 0.119. The zero-order valence-corrected chi connectivity index (χ0v) is 8.62. The highest BCUT2D eigenvalue weighted by Crippen LogP contribution is 2.12. The fourth-order valence-electron chi connectivity index (χ4n) is 0.679. The minimum Gasteiger partial charge on any atom is -0.450 e. The van der Waals surface area contributed by atoms with E-state index in [9.17, 15) is 9.59 Å². The number of esters is 2. The van der Waals surface area contributed by atoms with Crippen LogP contribution in [0.1, 0.15) is 27.2 Å². The summed E-state index contributed by atoms with van der Waals surface area (Å²) in [5.74, 6) is 1.06. The fraction of sp³-hybridized carbons (Fsp3) is 0.600. The van der Waals surface area contributed by atoms with Gasteiger partial charge >= 0.3 is 11.9 Å². The maximum Gasteiger partial charge on any atom is 0.350 e. The predicted molar refractivity (Wildman–Crippen MR) is 50.3 cm³/mol. The van der Waals surface area contributed by atoms with E-state index >= 15 is 0 Å². The van der Waals surface area contributed by atoms with Crippen LogP contribution in [-0.4, -0.2) is 24.1 Å². The van der Waals surface area contributed by atoms with Crippen LogP contribution in [0.15, 0.2) is 0 Å². The zero-order valence-electron chi connectivity index (χ0n) is 8.62. The zero-order chi connectivity index (χ0) is 11.2. The Morgan fingerprint density at radius 1 is 1.43 bits per heavy atom. The van der Waals surface area contributed by atoms with Gasteiger partial charge in [-0.05, 0) is 13.8 Å². The Kier molecular flexibility index (Phi) is 4.71. The van der Waals surface area contributed by atoms with Crippen LogP contribution >= 0.6 is 0 Å². The largest absolute Gasteiger partial charge is 0.450 e. The lowest BCUT2D eigenvalue weighted by Gasteiger charge is -2.21. The molecule has 0 amide bonds. The summed E-state index contributed by atoms with van der Waals surface area (Å²) in [4.78, 5) is 22.2. The normalized spacial score (nSPS) is 10.1. The van der Waals surface area contributed by atoms with Crippen molar-refractivity contribution in [3.63, 3.8) is 0 Å². The Morgan fingerprint density at radius 3 is 2.43 bits per heavy atom. The molecule has 0 aromatic carbocycles. The lowest BCUT2D eigenvalue weighted by atomic mass is 10.1. The van der Waals surface area contributed by atoms with Crippen molar-refractivity contribution in [1.82, 2.24) is 0 Å². The molecule has 78 valence electrons. The summed E-state index contributed by atoms with van der Waals surface area (Å²) >= 11 is 0. The van der Waals surface area contributed by atoms with Gasteiger partial charge < -0.3 is 9.47 Å². The van der Waals surface area contributed by atoms with Gasteiger partial charge in [0, 0.05) is 6.42 Å². The highest BCUT2D eigenvalue weighted by atomic mass is 16.6. The van der Waals surface area contributed by atoms with Gasteiger partial charge in [0.2, 0.25) is 5.60 Å². The second kappa shape index (κ2) is 5.28. The topological polar surface area (TPSA) is 52.6 Å². The molecule has 0 saturated heterocycles. The van der Waals surface area contributed by atoms with Crippen molar-refractivity contribution in [3.05, 3.63) is 0 Å². The summed E-state index contributed by atoms with van der Waals surface area (Å²) in [5, 5.41) is 0. The van der Waals surface area contributed by atoms with E-state index in [0.717, 1.165) is 0 Å². The van der Waals surface area contributed by atoms with Gasteiger partial charge in [-0.15, -0.1) is 6.42 Å². The second-order valence-corrected chi connectivity index (χ2v) is 3.12. The first kappa shape index (κ1) is 12.5. The van der Waals surface area contributed by atoms with Crippen molar-refractivity contribution in [2.45, 2.75) is 32.8 Å². The van der Waals surface area contributed by atoms with Crippen LogP contribution in [0.25, 0.3) is 0 Å². The van der Waals surface area contributed by atoms with Gasteiger partial charge in [0.25, 0.3) is 0 Å². The molecular weight excluding hydrogens is 184 g/mol. The van der Waals surface area contributed by atoms with Gasteiger partial charge in [0.15, 0.2) is 6.61 Å². The van der Waals surface area contributed by atoms with E-state index in [-0.39, 0.29) is 13.0 Å². The van der Waals surface area contributed by atoms with Crippen molar-refractivity contribution in [2.24, 2.45) is 0 Å². The summed E-state index contributed by atoms with van der Waals surface area (Å²) in [6, 6.07) is 0. The molecule has 0 N–H and O–H groups in total. The van der Waals surface area contributed by atoms with Gasteiger partial charge in [-0.1, -0.05) is 12.8 Å². The van der Waals surface area contributed by atoms with Gasteiger partial charge in [-0.2, -0.15) is 0 Å². The maximum atomic E-state index is 11.3. The molecule has 4 heteroatoms. The predicted octanol–water partition coefficient (Wildman–Crippen LogP) is 0.895. The van der Waals surface area contributed by atoms with Crippen LogP contribution in [0.2, 0.25) is 0 Å². The first-order valence-corrected chi connectivity index (χ1v) is 4.26. The average molecular weight is 198 g/mol. The van der Waals surface area contributed by atoms with Gasteiger partial charge in [0.05, 0.1) is 0 Å². The molecule has 14 heavy (non-hydrogen) atoms. The number of rotatable bonds is 4. The number of terminal acetylenes is 1. The van der Waals surface area contributed by atoms with Crippen LogP contribution in [0.3, 0.4) is 0 Å². The second-order valence-electron chi connectivity index (χ2n) is 3.12. The van der Waals surface area contributed by atoms with Gasteiger partial charge in [-0.3, -0.25) is 4.79 Å². The highest BCUT2D eigenvalue weighted by Gasteiger charge is 2.33. The highest BCUT2D eigenvalue weighted by molar-refractivity contribution is 5.82. The van der Waals surface area contributed by atoms with E-state index in [2.05, 4.69) is 10.7 Å². The number of carbonyl (C=O) groups excluding carboxylic acids is 2. The van der Waals surface area contributed by atoms with Crippen LogP contribution < -0.4 is 0 Å². The average Bonchev–Trinajstić information content (AvgIpc) is 2.13. The molecule has 0 atom stereocenters. The SMILES string of the molecule is C#CCOC(=O)C(C)(C)OC(=O)CC. The Hall–Kier alpha value is -1.50. The fourth-order valence-corrected chi connectivity index (χ4v) is 0.679. The summed E-state index contributed by atoms with van der Waals surface area (Å²) in [5.41, 5.74) is -1.27. The van der Waals surface area contributed by atoms with E-state index in [0.29, 0.717) is 0 Å². The van der Waals surface area contributed by atoms with E-state index in [1.807, 2.05) is 0 Å². The smallest absolute Gasteiger partial charge is 0.350 e. The van der Waals surface area contributed by atoms with Crippen molar-refractivity contribution < 1.29 is 19.1 Å². The summed E-state index contributed by atoms with van der Waals surface area (Å²) in [6.45, 7) is 4.44. The van der Waals surface area contributed by atoms with E-state index in [4.69, 9.17) is 11.2 Å². The van der Waals surface area contributed by atoms with Crippen LogP contribution in [0, 0.1) is 12.3 Å². The molecular formula is C10H14O4. The van der Waals surface area contributed by atoms with Gasteiger partial charge in [0.1, 0.15) is 0 Å². The Morgan fingerprint density at radius 2 is 2.00 bits per heavy atom. The van der Waals surface area contributed by atoms with Crippen LogP contribution in [0.5, 0.6) is 0 Å². The minimum atomic E-state index is -1.27. The molecule has 0 aliphatic heterocycles. The number of carbonyl (C=O) groups is 2. The summed E-state index contributed by atoms with van der Waals surface area (Å²) in [7, 11) is 0.